The van der Waals surface area contributed by atoms with Crippen molar-refractivity contribution in [3.8, 4) is 0 Å². The van der Waals surface area contributed by atoms with Crippen LogP contribution >= 0.6 is 12.2 Å². The Hall–Kier alpha value is -3.51. The molecule has 6 rings (SSSR count). The Balaban J connectivity index is 1.69. The van der Waals surface area contributed by atoms with Gasteiger partial charge in [-0.15, -0.1) is 0 Å². The Kier molecular flexibility index (Phi) is 5.87. The van der Waals surface area contributed by atoms with E-state index >= 15 is 0 Å². The molecule has 4 aromatic rings. The van der Waals surface area contributed by atoms with E-state index in [1.165, 1.54) is 0 Å². The summed E-state index contributed by atoms with van der Waals surface area (Å²) < 4.78 is 13.8. The molecule has 4 nitrogen and oxygen atoms in total. The van der Waals surface area contributed by atoms with Crippen molar-refractivity contribution in [3.05, 3.63) is 144 Å². The average molecular weight is 507 g/mol. The molecule has 0 unspecified atom stereocenters. The fraction of sp³-hybridized carbons (Fsp3) is 0.219. The standard InChI is InChI=1S/C32H30N2O2S/c1-30(2)35-27-28(36-30)32(25-19-11-5-12-20-25,26-21-13-6-14-22-26)34-29(37)33-31(27,23-15-7-3-8-16-23)24-17-9-4-10-18-24/h3-22,27-28H,1-2H3,(H2,33,34,37)/t27-,28-/m1/s1. The molecular formula is C32H30N2O2S. The fourth-order valence-electron chi connectivity index (χ4n) is 6.01. The first-order chi connectivity index (χ1) is 18.0. The van der Waals surface area contributed by atoms with E-state index in [1.807, 2.05) is 38.1 Å². The highest BCUT2D eigenvalue weighted by Crippen LogP contribution is 2.51. The maximum absolute atomic E-state index is 6.92. The molecule has 2 saturated heterocycles. The summed E-state index contributed by atoms with van der Waals surface area (Å²) in [5, 5.41) is 8.02. The molecule has 2 heterocycles. The molecule has 0 aliphatic carbocycles. The van der Waals surface area contributed by atoms with Crippen molar-refractivity contribution in [3.63, 3.8) is 0 Å². The number of ether oxygens (including phenoxy) is 2. The normalized spacial score (nSPS) is 23.2. The van der Waals surface area contributed by atoms with Crippen molar-refractivity contribution >= 4 is 17.3 Å². The van der Waals surface area contributed by atoms with Gasteiger partial charge in [0.25, 0.3) is 0 Å². The van der Waals surface area contributed by atoms with Gasteiger partial charge in [0.2, 0.25) is 0 Å². The van der Waals surface area contributed by atoms with E-state index in [9.17, 15) is 0 Å². The lowest BCUT2D eigenvalue weighted by molar-refractivity contribution is -0.156. The Bertz CT molecular complexity index is 1190. The molecule has 2 atom stereocenters. The summed E-state index contributed by atoms with van der Waals surface area (Å²) in [5.74, 6) is -0.832. The maximum Gasteiger partial charge on any atom is 0.168 e. The van der Waals surface area contributed by atoms with Gasteiger partial charge >= 0.3 is 0 Å². The molecule has 0 aromatic heterocycles. The minimum Gasteiger partial charge on any atom is -0.347 e. The maximum atomic E-state index is 6.92. The van der Waals surface area contributed by atoms with Crippen molar-refractivity contribution in [2.24, 2.45) is 0 Å². The zero-order chi connectivity index (χ0) is 25.5. The lowest BCUT2D eigenvalue weighted by atomic mass is 9.69. The Morgan fingerprint density at radius 2 is 0.784 bits per heavy atom. The van der Waals surface area contributed by atoms with Crippen LogP contribution < -0.4 is 10.6 Å². The first-order valence-corrected chi connectivity index (χ1v) is 13.0. The van der Waals surface area contributed by atoms with Crippen LogP contribution in [-0.2, 0) is 20.6 Å². The van der Waals surface area contributed by atoms with Gasteiger partial charge in [0.15, 0.2) is 10.9 Å². The van der Waals surface area contributed by atoms with Gasteiger partial charge in [0.05, 0.1) is 0 Å². The van der Waals surface area contributed by atoms with Crippen LogP contribution in [0.3, 0.4) is 0 Å². The number of benzene rings is 4. The molecule has 2 N–H and O–H groups in total. The number of thiocarbonyl (C=S) groups is 1. The largest absolute Gasteiger partial charge is 0.347 e. The van der Waals surface area contributed by atoms with Crippen LogP contribution in [0.4, 0.5) is 0 Å². The predicted octanol–water partition coefficient (Wildman–Crippen LogP) is 5.87. The third-order valence-electron chi connectivity index (χ3n) is 7.49. The minimum atomic E-state index is -0.832. The highest BCUT2D eigenvalue weighted by atomic mass is 32.1. The van der Waals surface area contributed by atoms with E-state index in [0.717, 1.165) is 22.3 Å². The lowest BCUT2D eigenvalue weighted by Crippen LogP contribution is -2.58. The third-order valence-corrected chi connectivity index (χ3v) is 7.69. The van der Waals surface area contributed by atoms with E-state index in [4.69, 9.17) is 21.7 Å². The van der Waals surface area contributed by atoms with Crippen molar-refractivity contribution in [1.29, 1.82) is 0 Å². The molecule has 37 heavy (non-hydrogen) atoms. The molecule has 0 amide bonds. The number of rotatable bonds is 4. The second-order valence-electron chi connectivity index (χ2n) is 10.1. The lowest BCUT2D eigenvalue weighted by Gasteiger charge is -2.43. The van der Waals surface area contributed by atoms with E-state index in [1.54, 1.807) is 0 Å². The molecule has 5 heteroatoms. The molecule has 2 aliphatic rings. The summed E-state index contributed by atoms with van der Waals surface area (Å²) in [6.07, 6.45) is -0.888. The van der Waals surface area contributed by atoms with Gasteiger partial charge in [-0.2, -0.15) is 0 Å². The van der Waals surface area contributed by atoms with Gasteiger partial charge < -0.3 is 20.1 Å². The van der Waals surface area contributed by atoms with Gasteiger partial charge in [-0.25, -0.2) is 0 Å². The summed E-state index contributed by atoms with van der Waals surface area (Å²) in [7, 11) is 0. The molecule has 0 saturated carbocycles. The summed E-state index contributed by atoms with van der Waals surface area (Å²) in [6, 6.07) is 41.6. The van der Waals surface area contributed by atoms with Gasteiger partial charge in [0, 0.05) is 0 Å². The van der Waals surface area contributed by atoms with Crippen LogP contribution in [0.25, 0.3) is 0 Å². The number of hydrogen-bond donors (Lipinski definition) is 2. The van der Waals surface area contributed by atoms with Gasteiger partial charge in [-0.1, -0.05) is 121 Å². The number of hydrogen-bond acceptors (Lipinski definition) is 3. The van der Waals surface area contributed by atoms with Gasteiger partial charge in [0.1, 0.15) is 23.3 Å². The summed E-state index contributed by atoms with van der Waals surface area (Å²) in [5.41, 5.74) is 2.60. The van der Waals surface area contributed by atoms with Crippen molar-refractivity contribution in [2.45, 2.75) is 42.9 Å². The van der Waals surface area contributed by atoms with Crippen molar-refractivity contribution in [1.82, 2.24) is 10.6 Å². The summed E-state index contributed by atoms with van der Waals surface area (Å²) in [4.78, 5) is 0. The Morgan fingerprint density at radius 1 is 0.514 bits per heavy atom. The van der Waals surface area contributed by atoms with Crippen LogP contribution in [0.15, 0.2) is 121 Å². The van der Waals surface area contributed by atoms with E-state index < -0.39 is 29.1 Å². The molecular weight excluding hydrogens is 476 g/mol. The molecule has 2 aliphatic heterocycles. The highest BCUT2D eigenvalue weighted by molar-refractivity contribution is 7.80. The smallest absolute Gasteiger partial charge is 0.168 e. The van der Waals surface area contributed by atoms with E-state index in [-0.39, 0.29) is 0 Å². The van der Waals surface area contributed by atoms with Crippen LogP contribution in [0.1, 0.15) is 36.1 Å². The minimum absolute atomic E-state index is 0.444. The second kappa shape index (κ2) is 9.10. The highest BCUT2D eigenvalue weighted by Gasteiger charge is 2.64. The fourth-order valence-corrected chi connectivity index (χ4v) is 6.33. The molecule has 0 radical (unpaired) electrons. The molecule has 0 spiro atoms. The summed E-state index contributed by atoms with van der Waals surface area (Å²) in [6.45, 7) is 3.98. The van der Waals surface area contributed by atoms with E-state index in [0.29, 0.717) is 5.11 Å². The van der Waals surface area contributed by atoms with Crippen LogP contribution in [-0.4, -0.2) is 23.1 Å². The molecule has 186 valence electrons. The monoisotopic (exact) mass is 506 g/mol. The first kappa shape index (κ1) is 23.9. The zero-order valence-corrected chi connectivity index (χ0v) is 21.7. The SMILES string of the molecule is CC1(C)O[C@@H]2[C@@H](O1)C(c1ccccc1)(c1ccccc1)NC(=S)NC2(c1ccccc1)c1ccccc1. The van der Waals surface area contributed by atoms with Crippen LogP contribution in [0, 0.1) is 0 Å². The Morgan fingerprint density at radius 3 is 1.05 bits per heavy atom. The molecule has 4 aromatic carbocycles. The first-order valence-electron chi connectivity index (χ1n) is 12.6. The zero-order valence-electron chi connectivity index (χ0n) is 20.9. The van der Waals surface area contributed by atoms with Gasteiger partial charge in [-0.3, -0.25) is 0 Å². The number of nitrogens with one attached hydrogen (secondary N) is 2. The van der Waals surface area contributed by atoms with Crippen LogP contribution in [0.5, 0.6) is 0 Å². The Labute approximate surface area is 223 Å². The predicted molar refractivity (Wildman–Crippen MR) is 150 cm³/mol. The van der Waals surface area contributed by atoms with Crippen molar-refractivity contribution < 1.29 is 9.47 Å². The van der Waals surface area contributed by atoms with Crippen molar-refractivity contribution in [2.75, 3.05) is 0 Å². The number of fused-ring (bicyclic) bond motifs is 1. The quantitative estimate of drug-likeness (QED) is 0.339. The molecule has 2 fully saturated rings. The summed E-state index contributed by atoms with van der Waals surface area (Å²) >= 11 is 6.09. The van der Waals surface area contributed by atoms with Gasteiger partial charge in [-0.05, 0) is 48.3 Å². The second-order valence-corrected chi connectivity index (χ2v) is 10.5. The third kappa shape index (κ3) is 3.86. The average Bonchev–Trinajstić information content (AvgIpc) is 3.23. The van der Waals surface area contributed by atoms with E-state index in [2.05, 4.69) is 108 Å². The topological polar surface area (TPSA) is 42.5 Å². The molecule has 0 bridgehead atoms. The van der Waals surface area contributed by atoms with Crippen LogP contribution in [0.2, 0.25) is 0 Å².